The third-order valence-electron chi connectivity index (χ3n) is 4.00. The van der Waals surface area contributed by atoms with Gasteiger partial charge in [0.1, 0.15) is 11.5 Å². The van der Waals surface area contributed by atoms with Crippen molar-refractivity contribution >= 4 is 10.8 Å². The molecule has 1 nitrogen and oxygen atoms in total. The molecule has 102 valence electrons. The number of allylic oxidation sites excluding steroid dienone is 4. The molecule has 1 aliphatic rings. The zero-order valence-electron chi connectivity index (χ0n) is 11.7. The molecule has 0 saturated carbocycles. The fraction of sp³-hybridized carbons (Fsp3) is 0.100. The van der Waals surface area contributed by atoms with E-state index < -0.39 is 0 Å². The van der Waals surface area contributed by atoms with Gasteiger partial charge in [0.15, 0.2) is 0 Å². The Morgan fingerprint density at radius 3 is 2.33 bits per heavy atom. The van der Waals surface area contributed by atoms with E-state index in [0.29, 0.717) is 5.92 Å². The Labute approximate surface area is 124 Å². The second kappa shape index (κ2) is 5.10. The topological polar surface area (TPSA) is 13.1 Å². The summed E-state index contributed by atoms with van der Waals surface area (Å²) in [6.45, 7) is 0. The van der Waals surface area contributed by atoms with Gasteiger partial charge in [-0.3, -0.25) is 0 Å². The van der Waals surface area contributed by atoms with Gasteiger partial charge in [0.05, 0.1) is 0 Å². The maximum absolute atomic E-state index is 6.31. The van der Waals surface area contributed by atoms with E-state index in [-0.39, 0.29) is 0 Å². The molecule has 1 aliphatic carbocycles. The van der Waals surface area contributed by atoms with E-state index in [1.807, 2.05) is 6.07 Å². The van der Waals surface area contributed by atoms with Gasteiger partial charge in [-0.15, -0.1) is 0 Å². The van der Waals surface area contributed by atoms with Crippen LogP contribution in [0.3, 0.4) is 0 Å². The summed E-state index contributed by atoms with van der Waals surface area (Å²) in [6, 6.07) is 18.8. The molecular weight excluding hydrogens is 256 g/mol. The Balaban J connectivity index is 1.93. The van der Waals surface area contributed by atoms with Crippen molar-refractivity contribution in [2.24, 2.45) is 0 Å². The highest BCUT2D eigenvalue weighted by atomic mass is 16.3. The van der Waals surface area contributed by atoms with Gasteiger partial charge in [-0.05, 0) is 6.42 Å². The molecule has 1 unspecified atom stereocenters. The van der Waals surface area contributed by atoms with Crippen LogP contribution in [0.25, 0.3) is 22.1 Å². The van der Waals surface area contributed by atoms with Crippen molar-refractivity contribution in [3.05, 3.63) is 84.7 Å². The Morgan fingerprint density at radius 1 is 0.810 bits per heavy atom. The highest BCUT2D eigenvalue weighted by Crippen LogP contribution is 2.39. The van der Waals surface area contributed by atoms with E-state index in [0.717, 1.165) is 23.5 Å². The van der Waals surface area contributed by atoms with Crippen molar-refractivity contribution in [3.63, 3.8) is 0 Å². The lowest BCUT2D eigenvalue weighted by atomic mass is 9.95. The average molecular weight is 272 g/mol. The Morgan fingerprint density at radius 2 is 1.57 bits per heavy atom. The van der Waals surface area contributed by atoms with Crippen molar-refractivity contribution in [1.29, 1.82) is 0 Å². The van der Waals surface area contributed by atoms with Crippen molar-refractivity contribution in [2.45, 2.75) is 12.3 Å². The first-order valence-electron chi connectivity index (χ1n) is 7.33. The zero-order valence-corrected chi connectivity index (χ0v) is 11.7. The molecule has 0 fully saturated rings. The number of rotatable bonds is 2. The van der Waals surface area contributed by atoms with Gasteiger partial charge < -0.3 is 4.42 Å². The number of benzene rings is 2. The van der Waals surface area contributed by atoms with E-state index in [1.165, 1.54) is 10.8 Å². The molecule has 0 spiro atoms. The lowest BCUT2D eigenvalue weighted by molar-refractivity contribution is 0.507. The minimum absolute atomic E-state index is 0.331. The van der Waals surface area contributed by atoms with Gasteiger partial charge in [0.2, 0.25) is 0 Å². The van der Waals surface area contributed by atoms with Crippen LogP contribution in [-0.4, -0.2) is 0 Å². The van der Waals surface area contributed by atoms with Gasteiger partial charge in [-0.25, -0.2) is 0 Å². The standard InChI is InChI=1S/C20H16O/c1-3-9-15(10-4-1)19-17-13-7-8-14-18(17)20(21-19)16-11-5-2-6-12-16/h1-11,13-14,16H,12H2. The van der Waals surface area contributed by atoms with Gasteiger partial charge in [0.25, 0.3) is 0 Å². The largest absolute Gasteiger partial charge is 0.459 e. The number of hydrogen-bond donors (Lipinski definition) is 0. The highest BCUT2D eigenvalue weighted by Gasteiger charge is 2.20. The molecule has 0 N–H and O–H groups in total. The summed E-state index contributed by atoms with van der Waals surface area (Å²) in [5.74, 6) is 2.38. The van der Waals surface area contributed by atoms with E-state index in [9.17, 15) is 0 Å². The maximum atomic E-state index is 6.31. The summed E-state index contributed by atoms with van der Waals surface area (Å²) in [4.78, 5) is 0. The van der Waals surface area contributed by atoms with Crippen LogP contribution in [0.4, 0.5) is 0 Å². The molecule has 1 atom stereocenters. The molecule has 2 aromatic carbocycles. The molecule has 0 amide bonds. The van der Waals surface area contributed by atoms with E-state index in [2.05, 4.69) is 72.8 Å². The smallest absolute Gasteiger partial charge is 0.142 e. The van der Waals surface area contributed by atoms with Crippen LogP contribution in [0.5, 0.6) is 0 Å². The normalized spacial score (nSPS) is 17.4. The first kappa shape index (κ1) is 12.2. The molecule has 0 aliphatic heterocycles. The maximum Gasteiger partial charge on any atom is 0.142 e. The predicted molar refractivity (Wildman–Crippen MR) is 87.3 cm³/mol. The molecule has 1 heteroatoms. The van der Waals surface area contributed by atoms with Gasteiger partial charge in [0, 0.05) is 22.3 Å². The highest BCUT2D eigenvalue weighted by molar-refractivity contribution is 5.96. The summed E-state index contributed by atoms with van der Waals surface area (Å²) in [5, 5.41) is 2.42. The van der Waals surface area contributed by atoms with Crippen LogP contribution in [0.2, 0.25) is 0 Å². The molecule has 4 rings (SSSR count). The quantitative estimate of drug-likeness (QED) is 0.583. The van der Waals surface area contributed by atoms with Crippen molar-refractivity contribution < 1.29 is 4.42 Å². The monoisotopic (exact) mass is 272 g/mol. The minimum atomic E-state index is 0.331. The average Bonchev–Trinajstić information content (AvgIpc) is 2.96. The Hall–Kier alpha value is -2.54. The van der Waals surface area contributed by atoms with E-state index in [4.69, 9.17) is 4.42 Å². The molecule has 3 aromatic rings. The van der Waals surface area contributed by atoms with Gasteiger partial charge in [-0.2, -0.15) is 0 Å². The molecule has 0 radical (unpaired) electrons. The van der Waals surface area contributed by atoms with E-state index in [1.54, 1.807) is 0 Å². The minimum Gasteiger partial charge on any atom is -0.459 e. The fourth-order valence-corrected chi connectivity index (χ4v) is 2.97. The first-order chi connectivity index (χ1) is 10.4. The molecule has 21 heavy (non-hydrogen) atoms. The van der Waals surface area contributed by atoms with E-state index >= 15 is 0 Å². The lowest BCUT2D eigenvalue weighted by Gasteiger charge is -2.10. The molecule has 1 heterocycles. The first-order valence-corrected chi connectivity index (χ1v) is 7.33. The molecule has 0 bridgehead atoms. The van der Waals surface area contributed by atoms with Gasteiger partial charge >= 0.3 is 0 Å². The SMILES string of the molecule is C1=CCC(c2oc(-c3ccccc3)c3ccccc23)C=C1. The van der Waals surface area contributed by atoms with Crippen LogP contribution >= 0.6 is 0 Å². The van der Waals surface area contributed by atoms with Crippen molar-refractivity contribution in [2.75, 3.05) is 0 Å². The predicted octanol–water partition coefficient (Wildman–Crippen LogP) is 5.70. The molecular formula is C20H16O. The van der Waals surface area contributed by atoms with Crippen molar-refractivity contribution in [1.82, 2.24) is 0 Å². The summed E-state index contributed by atoms with van der Waals surface area (Å²) < 4.78 is 6.31. The second-order valence-electron chi connectivity index (χ2n) is 5.36. The van der Waals surface area contributed by atoms with Crippen LogP contribution < -0.4 is 0 Å². The summed E-state index contributed by atoms with van der Waals surface area (Å²) in [7, 11) is 0. The zero-order chi connectivity index (χ0) is 14.1. The van der Waals surface area contributed by atoms with Crippen molar-refractivity contribution in [3.8, 4) is 11.3 Å². The third kappa shape index (κ3) is 2.11. The fourth-order valence-electron chi connectivity index (χ4n) is 2.97. The van der Waals surface area contributed by atoms with Gasteiger partial charge in [-0.1, -0.05) is 78.9 Å². The second-order valence-corrected chi connectivity index (χ2v) is 5.36. The summed E-state index contributed by atoms with van der Waals surface area (Å²) in [5.41, 5.74) is 1.13. The summed E-state index contributed by atoms with van der Waals surface area (Å²) >= 11 is 0. The van der Waals surface area contributed by atoms with Crippen LogP contribution in [0.1, 0.15) is 18.1 Å². The Kier molecular flexibility index (Phi) is 2.97. The Bertz CT molecular complexity index is 821. The van der Waals surface area contributed by atoms with Crippen LogP contribution in [-0.2, 0) is 0 Å². The van der Waals surface area contributed by atoms with Crippen LogP contribution in [0.15, 0.2) is 83.3 Å². The molecule has 1 aromatic heterocycles. The summed E-state index contributed by atoms with van der Waals surface area (Å²) in [6.07, 6.45) is 9.62. The van der Waals surface area contributed by atoms with Crippen LogP contribution in [0, 0.1) is 0 Å². The number of fused-ring (bicyclic) bond motifs is 1. The lowest BCUT2D eigenvalue weighted by Crippen LogP contribution is -1.94. The number of furan rings is 1. The number of hydrogen-bond acceptors (Lipinski definition) is 1. The molecule has 0 saturated heterocycles. The third-order valence-corrected chi connectivity index (χ3v) is 4.00.